The first-order chi connectivity index (χ1) is 11.7. The van der Waals surface area contributed by atoms with Gasteiger partial charge < -0.3 is 20.3 Å². The van der Waals surface area contributed by atoms with E-state index in [9.17, 15) is 4.79 Å². The molecule has 1 aliphatic carbocycles. The first-order valence-corrected chi connectivity index (χ1v) is 9.15. The lowest BCUT2D eigenvalue weighted by Gasteiger charge is -2.34. The smallest absolute Gasteiger partial charge is 0.223 e. The van der Waals surface area contributed by atoms with Crippen LogP contribution in [0.5, 0.6) is 5.75 Å². The number of nitrogens with zero attached hydrogens (tertiary/aromatic N) is 1. The Morgan fingerprint density at radius 2 is 1.88 bits per heavy atom. The van der Waals surface area contributed by atoms with Crippen LogP contribution < -0.4 is 15.4 Å². The highest BCUT2D eigenvalue weighted by Crippen LogP contribution is 2.29. The van der Waals surface area contributed by atoms with Crippen LogP contribution in [-0.2, 0) is 4.79 Å². The molecule has 0 aromatic heterocycles. The number of hydrogen-bond acceptors (Lipinski definition) is 3. The van der Waals surface area contributed by atoms with Crippen LogP contribution in [-0.4, -0.2) is 41.7 Å². The summed E-state index contributed by atoms with van der Waals surface area (Å²) in [7, 11) is 0. The molecule has 6 heteroatoms. The summed E-state index contributed by atoms with van der Waals surface area (Å²) >= 11 is 5.51. The monoisotopic (exact) mass is 347 g/mol. The standard InChI is InChI=1S/C18H25N3O2S/c1-2-23-16-7-5-14(6-8-16)20-18(24)21-11-9-15(10-12-21)19-17(22)13-3-4-13/h5-8,13,15H,2-4,9-12H2,1H3,(H,19,22)(H,20,24). The second-order valence-corrected chi connectivity index (χ2v) is 6.82. The molecule has 0 atom stereocenters. The van der Waals surface area contributed by atoms with E-state index in [1.807, 2.05) is 31.2 Å². The Bertz CT molecular complexity index is 578. The van der Waals surface area contributed by atoms with Gasteiger partial charge in [0.1, 0.15) is 5.75 Å². The predicted molar refractivity (Wildman–Crippen MR) is 99.3 cm³/mol. The zero-order valence-electron chi connectivity index (χ0n) is 14.1. The summed E-state index contributed by atoms with van der Waals surface area (Å²) in [5.74, 6) is 1.38. The molecular weight excluding hydrogens is 322 g/mol. The van der Waals surface area contributed by atoms with E-state index < -0.39 is 0 Å². The number of thiocarbonyl (C=S) groups is 1. The molecule has 1 aromatic rings. The Morgan fingerprint density at radius 3 is 2.46 bits per heavy atom. The largest absolute Gasteiger partial charge is 0.494 e. The lowest BCUT2D eigenvalue weighted by atomic mass is 10.1. The molecular formula is C18H25N3O2S. The molecule has 0 spiro atoms. The third kappa shape index (κ3) is 4.60. The number of carbonyl (C=O) groups excluding carboxylic acids is 1. The summed E-state index contributed by atoms with van der Waals surface area (Å²) in [5.41, 5.74) is 0.965. The fourth-order valence-corrected chi connectivity index (χ4v) is 3.20. The number of amides is 1. The van der Waals surface area contributed by atoms with Gasteiger partial charge >= 0.3 is 0 Å². The molecule has 1 aromatic carbocycles. The lowest BCUT2D eigenvalue weighted by molar-refractivity contribution is -0.123. The highest BCUT2D eigenvalue weighted by atomic mass is 32.1. The van der Waals surface area contributed by atoms with Gasteiger partial charge in [0.25, 0.3) is 0 Å². The number of hydrogen-bond donors (Lipinski definition) is 2. The Labute approximate surface area is 148 Å². The Kier molecular flexibility index (Phi) is 5.56. The average Bonchev–Trinajstić information content (AvgIpc) is 3.42. The first kappa shape index (κ1) is 17.0. The molecule has 2 N–H and O–H groups in total. The van der Waals surface area contributed by atoms with Crippen LogP contribution in [0.25, 0.3) is 0 Å². The molecule has 1 aliphatic heterocycles. The van der Waals surface area contributed by atoms with Crippen molar-refractivity contribution in [2.75, 3.05) is 25.0 Å². The van der Waals surface area contributed by atoms with Crippen molar-refractivity contribution in [3.05, 3.63) is 24.3 Å². The maximum absolute atomic E-state index is 11.8. The number of rotatable bonds is 5. The van der Waals surface area contributed by atoms with Gasteiger partial charge in [-0.3, -0.25) is 4.79 Å². The fourth-order valence-electron chi connectivity index (χ4n) is 2.90. The van der Waals surface area contributed by atoms with Crippen LogP contribution in [0.2, 0.25) is 0 Å². The summed E-state index contributed by atoms with van der Waals surface area (Å²) in [4.78, 5) is 14.0. The van der Waals surface area contributed by atoms with Gasteiger partial charge in [0.2, 0.25) is 5.91 Å². The van der Waals surface area contributed by atoms with Crippen LogP contribution in [0.4, 0.5) is 5.69 Å². The molecule has 1 saturated carbocycles. The number of piperidine rings is 1. The van der Waals surface area contributed by atoms with Crippen LogP contribution in [0.15, 0.2) is 24.3 Å². The van der Waals surface area contributed by atoms with Crippen molar-refractivity contribution in [3.63, 3.8) is 0 Å². The SMILES string of the molecule is CCOc1ccc(NC(=S)N2CCC(NC(=O)C3CC3)CC2)cc1. The van der Waals surface area contributed by atoms with Crippen molar-refractivity contribution >= 4 is 28.9 Å². The van der Waals surface area contributed by atoms with Gasteiger partial charge in [-0.25, -0.2) is 0 Å². The molecule has 0 bridgehead atoms. The molecule has 1 saturated heterocycles. The van der Waals surface area contributed by atoms with E-state index in [1.54, 1.807) is 0 Å². The van der Waals surface area contributed by atoms with Gasteiger partial charge in [0, 0.05) is 30.7 Å². The third-order valence-electron chi connectivity index (χ3n) is 4.49. The van der Waals surface area contributed by atoms with Crippen molar-refractivity contribution in [1.29, 1.82) is 0 Å². The molecule has 5 nitrogen and oxygen atoms in total. The maximum atomic E-state index is 11.8. The summed E-state index contributed by atoms with van der Waals surface area (Å²) in [6.45, 7) is 4.38. The summed E-state index contributed by atoms with van der Waals surface area (Å²) < 4.78 is 5.44. The Hall–Kier alpha value is -1.82. The van der Waals surface area contributed by atoms with Gasteiger partial charge in [-0.1, -0.05) is 0 Å². The molecule has 3 rings (SSSR count). The van der Waals surface area contributed by atoms with Crippen LogP contribution in [0.1, 0.15) is 32.6 Å². The molecule has 1 amide bonds. The Morgan fingerprint density at radius 1 is 1.21 bits per heavy atom. The highest BCUT2D eigenvalue weighted by Gasteiger charge is 2.31. The van der Waals surface area contributed by atoms with Gasteiger partial charge in [-0.2, -0.15) is 0 Å². The second-order valence-electron chi connectivity index (χ2n) is 6.43. The molecule has 0 unspecified atom stereocenters. The van der Waals surface area contributed by atoms with E-state index in [1.165, 1.54) is 0 Å². The van der Waals surface area contributed by atoms with E-state index in [2.05, 4.69) is 15.5 Å². The predicted octanol–water partition coefficient (Wildman–Crippen LogP) is 2.77. The van der Waals surface area contributed by atoms with Crippen LogP contribution in [0, 0.1) is 5.92 Å². The minimum absolute atomic E-state index is 0.239. The number of carbonyl (C=O) groups is 1. The summed E-state index contributed by atoms with van der Waals surface area (Å²) in [5, 5.41) is 7.19. The minimum atomic E-state index is 0.239. The van der Waals surface area contributed by atoms with E-state index in [-0.39, 0.29) is 11.8 Å². The van der Waals surface area contributed by atoms with Gasteiger partial charge in [0.05, 0.1) is 6.61 Å². The van der Waals surface area contributed by atoms with Crippen LogP contribution >= 0.6 is 12.2 Å². The maximum Gasteiger partial charge on any atom is 0.223 e. The first-order valence-electron chi connectivity index (χ1n) is 8.75. The van der Waals surface area contributed by atoms with E-state index >= 15 is 0 Å². The van der Waals surface area contributed by atoms with E-state index in [0.29, 0.717) is 12.6 Å². The van der Waals surface area contributed by atoms with E-state index in [0.717, 1.165) is 55.3 Å². The quantitative estimate of drug-likeness (QED) is 0.802. The van der Waals surface area contributed by atoms with Crippen molar-refractivity contribution < 1.29 is 9.53 Å². The fraction of sp³-hybridized carbons (Fsp3) is 0.556. The highest BCUT2D eigenvalue weighted by molar-refractivity contribution is 7.80. The molecule has 0 radical (unpaired) electrons. The zero-order valence-corrected chi connectivity index (χ0v) is 14.9. The Balaban J connectivity index is 1.43. The number of anilines is 1. The molecule has 2 fully saturated rings. The summed E-state index contributed by atoms with van der Waals surface area (Å²) in [6.07, 6.45) is 4.01. The topological polar surface area (TPSA) is 53.6 Å². The zero-order chi connectivity index (χ0) is 16.9. The normalized spacial score (nSPS) is 18.1. The number of likely N-dealkylation sites (tertiary alicyclic amines) is 1. The van der Waals surface area contributed by atoms with Crippen molar-refractivity contribution in [2.24, 2.45) is 5.92 Å². The van der Waals surface area contributed by atoms with Crippen molar-refractivity contribution in [3.8, 4) is 5.75 Å². The average molecular weight is 347 g/mol. The van der Waals surface area contributed by atoms with Gasteiger partial charge in [-0.15, -0.1) is 0 Å². The molecule has 24 heavy (non-hydrogen) atoms. The van der Waals surface area contributed by atoms with E-state index in [4.69, 9.17) is 17.0 Å². The second kappa shape index (κ2) is 7.83. The molecule has 1 heterocycles. The van der Waals surface area contributed by atoms with Crippen molar-refractivity contribution in [2.45, 2.75) is 38.6 Å². The third-order valence-corrected chi connectivity index (χ3v) is 4.85. The van der Waals surface area contributed by atoms with Gasteiger partial charge in [0.15, 0.2) is 5.11 Å². The lowest BCUT2D eigenvalue weighted by Crippen LogP contribution is -2.47. The minimum Gasteiger partial charge on any atom is -0.494 e. The molecule has 130 valence electrons. The number of nitrogens with one attached hydrogen (secondary N) is 2. The number of benzene rings is 1. The van der Waals surface area contributed by atoms with Crippen LogP contribution in [0.3, 0.4) is 0 Å². The summed E-state index contributed by atoms with van der Waals surface area (Å²) in [6, 6.07) is 8.12. The number of ether oxygens (including phenoxy) is 1. The van der Waals surface area contributed by atoms with Crippen molar-refractivity contribution in [1.82, 2.24) is 10.2 Å². The molecule has 2 aliphatic rings. The van der Waals surface area contributed by atoms with Gasteiger partial charge in [-0.05, 0) is 69.1 Å².